The van der Waals surface area contributed by atoms with Crippen molar-refractivity contribution in [3.63, 3.8) is 0 Å². The maximum Gasteiger partial charge on any atom is 0.234 e. The first-order valence-corrected chi connectivity index (χ1v) is 7.11. The van der Waals surface area contributed by atoms with E-state index >= 15 is 0 Å². The molecule has 0 aromatic carbocycles. The molecule has 1 aromatic rings. The Morgan fingerprint density at radius 1 is 1.32 bits per heavy atom. The number of rotatable bonds is 5. The van der Waals surface area contributed by atoms with Gasteiger partial charge in [-0.3, -0.25) is 4.98 Å². The number of nitrogens with two attached hydrogens (primary N) is 1. The Bertz CT molecular complexity index is 389. The van der Waals surface area contributed by atoms with E-state index in [0.717, 1.165) is 25.2 Å². The van der Waals surface area contributed by atoms with Crippen LogP contribution in [0.4, 0.5) is 5.82 Å². The zero-order valence-electron chi connectivity index (χ0n) is 11.8. The molecule has 0 aliphatic heterocycles. The van der Waals surface area contributed by atoms with Crippen LogP contribution in [0.15, 0.2) is 12.4 Å². The number of hydrogen-bond donors (Lipinski definition) is 2. The largest absolute Gasteiger partial charge is 0.474 e. The van der Waals surface area contributed by atoms with Crippen LogP contribution in [0, 0.1) is 5.92 Å². The van der Waals surface area contributed by atoms with Gasteiger partial charge in [-0.05, 0) is 45.4 Å². The predicted octanol–water partition coefficient (Wildman–Crippen LogP) is 2.19. The Balaban J connectivity index is 1.82. The number of nitrogens with one attached hydrogen (secondary N) is 1. The van der Waals surface area contributed by atoms with Crippen molar-refractivity contribution in [3.05, 3.63) is 12.4 Å². The average Bonchev–Trinajstić information content (AvgIpc) is 2.38. The monoisotopic (exact) mass is 264 g/mol. The summed E-state index contributed by atoms with van der Waals surface area (Å²) in [7, 11) is 0. The summed E-state index contributed by atoms with van der Waals surface area (Å²) in [6.45, 7) is 4.90. The number of anilines is 1. The van der Waals surface area contributed by atoms with Crippen molar-refractivity contribution < 1.29 is 4.74 Å². The first kappa shape index (κ1) is 14.1. The van der Waals surface area contributed by atoms with Gasteiger partial charge in [-0.25, -0.2) is 0 Å². The van der Waals surface area contributed by atoms with Gasteiger partial charge in [-0.1, -0.05) is 0 Å². The maximum atomic E-state index is 5.91. The molecule has 1 aliphatic rings. The summed E-state index contributed by atoms with van der Waals surface area (Å²) in [6, 6.07) is 0.402. The second-order valence-corrected chi connectivity index (χ2v) is 5.57. The Morgan fingerprint density at radius 2 is 2.05 bits per heavy atom. The lowest BCUT2D eigenvalue weighted by Gasteiger charge is -2.26. The molecule has 0 spiro atoms. The van der Waals surface area contributed by atoms with Crippen LogP contribution >= 0.6 is 0 Å². The smallest absolute Gasteiger partial charge is 0.234 e. The Labute approximate surface area is 115 Å². The minimum absolute atomic E-state index is 0.115. The standard InChI is InChI=1S/C14H24N4O/c1-10(2)19-14-9-16-8-13(18-14)17-7-11-3-5-12(15)6-4-11/h8-12H,3-7,15H2,1-2H3,(H,17,18). The molecule has 0 atom stereocenters. The van der Waals surface area contributed by atoms with Gasteiger partial charge in [-0.2, -0.15) is 4.98 Å². The molecule has 0 bridgehead atoms. The summed E-state index contributed by atoms with van der Waals surface area (Å²) in [6.07, 6.45) is 8.16. The Hall–Kier alpha value is -1.36. The molecule has 1 heterocycles. The van der Waals surface area contributed by atoms with E-state index in [-0.39, 0.29) is 6.10 Å². The highest BCUT2D eigenvalue weighted by Gasteiger charge is 2.18. The lowest BCUT2D eigenvalue weighted by atomic mass is 9.86. The quantitative estimate of drug-likeness (QED) is 0.853. The highest BCUT2D eigenvalue weighted by molar-refractivity contribution is 5.33. The number of hydrogen-bond acceptors (Lipinski definition) is 5. The molecule has 0 saturated heterocycles. The molecule has 2 rings (SSSR count). The molecule has 3 N–H and O–H groups in total. The summed E-state index contributed by atoms with van der Waals surface area (Å²) >= 11 is 0. The van der Waals surface area contributed by atoms with Crippen LogP contribution in [-0.2, 0) is 0 Å². The van der Waals surface area contributed by atoms with Gasteiger partial charge in [0.2, 0.25) is 5.88 Å². The van der Waals surface area contributed by atoms with Gasteiger partial charge in [0.1, 0.15) is 5.82 Å². The molecule has 1 fully saturated rings. The van der Waals surface area contributed by atoms with E-state index in [2.05, 4.69) is 15.3 Å². The fraction of sp³-hybridized carbons (Fsp3) is 0.714. The molecule has 0 unspecified atom stereocenters. The molecule has 1 saturated carbocycles. The minimum atomic E-state index is 0.115. The summed E-state index contributed by atoms with van der Waals surface area (Å²) in [5.41, 5.74) is 5.91. The molecule has 106 valence electrons. The number of ether oxygens (including phenoxy) is 1. The maximum absolute atomic E-state index is 5.91. The molecular formula is C14H24N4O. The van der Waals surface area contributed by atoms with Gasteiger partial charge in [-0.15, -0.1) is 0 Å². The highest BCUT2D eigenvalue weighted by atomic mass is 16.5. The molecule has 5 nitrogen and oxygen atoms in total. The molecule has 1 aromatic heterocycles. The van der Waals surface area contributed by atoms with E-state index in [1.54, 1.807) is 12.4 Å². The van der Waals surface area contributed by atoms with Crippen molar-refractivity contribution >= 4 is 5.82 Å². The van der Waals surface area contributed by atoms with E-state index in [0.29, 0.717) is 17.8 Å². The summed E-state index contributed by atoms with van der Waals surface area (Å²) in [5.74, 6) is 2.05. The molecule has 0 radical (unpaired) electrons. The van der Waals surface area contributed by atoms with E-state index in [1.165, 1.54) is 12.8 Å². The van der Waals surface area contributed by atoms with Gasteiger partial charge in [0.15, 0.2) is 0 Å². The van der Waals surface area contributed by atoms with E-state index < -0.39 is 0 Å². The van der Waals surface area contributed by atoms with E-state index in [1.807, 2.05) is 13.8 Å². The lowest BCUT2D eigenvalue weighted by molar-refractivity contribution is 0.232. The van der Waals surface area contributed by atoms with E-state index in [9.17, 15) is 0 Å². The van der Waals surface area contributed by atoms with Crippen LogP contribution in [0.5, 0.6) is 5.88 Å². The van der Waals surface area contributed by atoms with Gasteiger partial charge in [0, 0.05) is 12.6 Å². The fourth-order valence-electron chi connectivity index (χ4n) is 2.37. The van der Waals surface area contributed by atoms with Gasteiger partial charge >= 0.3 is 0 Å². The SMILES string of the molecule is CC(C)Oc1cncc(NCC2CCC(N)CC2)n1. The van der Waals surface area contributed by atoms with Crippen LogP contribution < -0.4 is 15.8 Å². The molecule has 1 aliphatic carbocycles. The van der Waals surface area contributed by atoms with Gasteiger partial charge < -0.3 is 15.8 Å². The van der Waals surface area contributed by atoms with Crippen molar-refractivity contribution in [1.82, 2.24) is 9.97 Å². The van der Waals surface area contributed by atoms with Crippen molar-refractivity contribution in [2.24, 2.45) is 11.7 Å². The average molecular weight is 264 g/mol. The Kier molecular flexibility index (Phi) is 4.96. The zero-order chi connectivity index (χ0) is 13.7. The molecule has 0 amide bonds. The van der Waals surface area contributed by atoms with Crippen LogP contribution in [0.3, 0.4) is 0 Å². The van der Waals surface area contributed by atoms with Gasteiger partial charge in [0.25, 0.3) is 0 Å². The minimum Gasteiger partial charge on any atom is -0.474 e. The number of nitrogens with zero attached hydrogens (tertiary/aromatic N) is 2. The summed E-state index contributed by atoms with van der Waals surface area (Å²) in [4.78, 5) is 8.54. The normalized spacial score (nSPS) is 23.4. The number of aromatic nitrogens is 2. The Morgan fingerprint density at radius 3 is 2.74 bits per heavy atom. The highest BCUT2D eigenvalue weighted by Crippen LogP contribution is 2.23. The molecular weight excluding hydrogens is 240 g/mol. The lowest BCUT2D eigenvalue weighted by Crippen LogP contribution is -2.29. The zero-order valence-corrected chi connectivity index (χ0v) is 11.8. The fourth-order valence-corrected chi connectivity index (χ4v) is 2.37. The topological polar surface area (TPSA) is 73.1 Å². The third kappa shape index (κ3) is 4.67. The second kappa shape index (κ2) is 6.70. The summed E-state index contributed by atoms with van der Waals surface area (Å²) in [5, 5.41) is 3.35. The van der Waals surface area contributed by atoms with Crippen molar-refractivity contribution in [1.29, 1.82) is 0 Å². The third-order valence-electron chi connectivity index (χ3n) is 3.43. The van der Waals surface area contributed by atoms with Gasteiger partial charge in [0.05, 0.1) is 18.5 Å². The second-order valence-electron chi connectivity index (χ2n) is 5.57. The predicted molar refractivity (Wildman–Crippen MR) is 76.2 cm³/mol. The van der Waals surface area contributed by atoms with Crippen LogP contribution in [0.1, 0.15) is 39.5 Å². The molecule has 19 heavy (non-hydrogen) atoms. The molecule has 5 heteroatoms. The van der Waals surface area contributed by atoms with Crippen molar-refractivity contribution in [3.8, 4) is 5.88 Å². The van der Waals surface area contributed by atoms with Crippen LogP contribution in [0.2, 0.25) is 0 Å². The van der Waals surface area contributed by atoms with Crippen LogP contribution in [-0.4, -0.2) is 28.7 Å². The van der Waals surface area contributed by atoms with Crippen molar-refractivity contribution in [2.75, 3.05) is 11.9 Å². The van der Waals surface area contributed by atoms with Crippen LogP contribution in [0.25, 0.3) is 0 Å². The van der Waals surface area contributed by atoms with E-state index in [4.69, 9.17) is 10.5 Å². The third-order valence-corrected chi connectivity index (χ3v) is 3.43. The first-order valence-electron chi connectivity index (χ1n) is 7.11. The van der Waals surface area contributed by atoms with Crippen molar-refractivity contribution in [2.45, 2.75) is 51.7 Å². The summed E-state index contributed by atoms with van der Waals surface area (Å²) < 4.78 is 5.53. The first-order chi connectivity index (χ1) is 9.13.